The van der Waals surface area contributed by atoms with Crippen LogP contribution in [0.15, 0.2) is 47.0 Å². The SMILES string of the molecule is Cc1cccc(-c2onc(N)c2-c2ccccc2Cl)c1C. The van der Waals surface area contributed by atoms with Crippen LogP contribution in [-0.4, -0.2) is 5.16 Å². The number of aryl methyl sites for hydroxylation is 1. The highest BCUT2D eigenvalue weighted by Gasteiger charge is 2.21. The Hall–Kier alpha value is -2.26. The van der Waals surface area contributed by atoms with Gasteiger partial charge in [-0.15, -0.1) is 0 Å². The summed E-state index contributed by atoms with van der Waals surface area (Å²) in [4.78, 5) is 0. The van der Waals surface area contributed by atoms with E-state index in [0.717, 1.165) is 22.3 Å². The maximum atomic E-state index is 6.29. The van der Waals surface area contributed by atoms with Crippen molar-refractivity contribution in [3.8, 4) is 22.5 Å². The van der Waals surface area contributed by atoms with Gasteiger partial charge < -0.3 is 10.3 Å². The zero-order valence-corrected chi connectivity index (χ0v) is 12.6. The van der Waals surface area contributed by atoms with Gasteiger partial charge >= 0.3 is 0 Å². The van der Waals surface area contributed by atoms with E-state index in [2.05, 4.69) is 25.1 Å². The lowest BCUT2D eigenvalue weighted by atomic mass is 9.96. The number of hydrogen-bond donors (Lipinski definition) is 1. The van der Waals surface area contributed by atoms with Crippen molar-refractivity contribution in [2.75, 3.05) is 5.73 Å². The minimum atomic E-state index is 0.346. The van der Waals surface area contributed by atoms with E-state index >= 15 is 0 Å². The number of benzene rings is 2. The second-order valence-electron chi connectivity index (χ2n) is 5.00. The normalized spacial score (nSPS) is 10.8. The minimum Gasteiger partial charge on any atom is -0.380 e. The molecule has 0 radical (unpaired) electrons. The lowest BCUT2D eigenvalue weighted by Crippen LogP contribution is -1.91. The molecule has 0 saturated heterocycles. The van der Waals surface area contributed by atoms with Crippen LogP contribution in [0.25, 0.3) is 22.5 Å². The van der Waals surface area contributed by atoms with Crippen LogP contribution in [0, 0.1) is 13.8 Å². The molecule has 4 heteroatoms. The molecule has 3 aromatic rings. The van der Waals surface area contributed by atoms with Gasteiger partial charge in [-0.3, -0.25) is 0 Å². The molecule has 0 amide bonds. The molecule has 3 rings (SSSR count). The molecule has 0 unspecified atom stereocenters. The van der Waals surface area contributed by atoms with Crippen LogP contribution in [0.3, 0.4) is 0 Å². The van der Waals surface area contributed by atoms with E-state index in [1.807, 2.05) is 36.4 Å². The van der Waals surface area contributed by atoms with Crippen LogP contribution in [0.2, 0.25) is 5.02 Å². The average Bonchev–Trinajstić information content (AvgIpc) is 2.84. The van der Waals surface area contributed by atoms with Crippen molar-refractivity contribution in [1.29, 1.82) is 0 Å². The van der Waals surface area contributed by atoms with Crippen LogP contribution in [0.1, 0.15) is 11.1 Å². The number of rotatable bonds is 2. The fraction of sp³-hybridized carbons (Fsp3) is 0.118. The summed E-state index contributed by atoms with van der Waals surface area (Å²) in [5.74, 6) is 1.00. The summed E-state index contributed by atoms with van der Waals surface area (Å²) in [7, 11) is 0. The van der Waals surface area contributed by atoms with Crippen LogP contribution in [0.5, 0.6) is 0 Å². The molecule has 0 spiro atoms. The molecule has 1 heterocycles. The number of anilines is 1. The largest absolute Gasteiger partial charge is 0.380 e. The Balaban J connectivity index is 2.28. The highest BCUT2D eigenvalue weighted by molar-refractivity contribution is 6.33. The predicted molar refractivity (Wildman–Crippen MR) is 86.3 cm³/mol. The molecular weight excluding hydrogens is 284 g/mol. The molecule has 0 bridgehead atoms. The predicted octanol–water partition coefficient (Wildman–Crippen LogP) is 4.86. The van der Waals surface area contributed by atoms with E-state index in [-0.39, 0.29) is 0 Å². The van der Waals surface area contributed by atoms with Gasteiger partial charge in [0.2, 0.25) is 0 Å². The second-order valence-corrected chi connectivity index (χ2v) is 5.41. The zero-order valence-electron chi connectivity index (χ0n) is 11.9. The van der Waals surface area contributed by atoms with Gasteiger partial charge in [0.15, 0.2) is 11.6 Å². The molecule has 0 aliphatic carbocycles. The van der Waals surface area contributed by atoms with Crippen LogP contribution < -0.4 is 5.73 Å². The van der Waals surface area contributed by atoms with E-state index in [9.17, 15) is 0 Å². The van der Waals surface area contributed by atoms with Gasteiger partial charge in [0.1, 0.15) is 0 Å². The van der Waals surface area contributed by atoms with Gasteiger partial charge in [-0.1, -0.05) is 53.2 Å². The first-order chi connectivity index (χ1) is 10.1. The lowest BCUT2D eigenvalue weighted by molar-refractivity contribution is 0.436. The molecule has 0 atom stereocenters. The highest BCUT2D eigenvalue weighted by atomic mass is 35.5. The molecular formula is C17H15ClN2O. The summed E-state index contributed by atoms with van der Waals surface area (Å²) < 4.78 is 5.49. The lowest BCUT2D eigenvalue weighted by Gasteiger charge is -2.08. The third-order valence-corrected chi connectivity index (χ3v) is 4.04. The summed E-state index contributed by atoms with van der Waals surface area (Å²) in [5.41, 5.74) is 10.9. The molecule has 0 aliphatic rings. The maximum Gasteiger partial charge on any atom is 0.177 e. The number of aromatic nitrogens is 1. The van der Waals surface area contributed by atoms with Crippen LogP contribution in [0.4, 0.5) is 5.82 Å². The van der Waals surface area contributed by atoms with Crippen molar-refractivity contribution >= 4 is 17.4 Å². The Bertz CT molecular complexity index is 808. The number of nitrogens with zero attached hydrogens (tertiary/aromatic N) is 1. The fourth-order valence-corrected chi connectivity index (χ4v) is 2.64. The average molecular weight is 299 g/mol. The van der Waals surface area contributed by atoms with E-state index in [0.29, 0.717) is 16.6 Å². The molecule has 21 heavy (non-hydrogen) atoms. The number of nitrogens with two attached hydrogens (primary N) is 1. The van der Waals surface area contributed by atoms with Gasteiger partial charge in [0.05, 0.1) is 5.56 Å². The van der Waals surface area contributed by atoms with Crippen molar-refractivity contribution in [2.24, 2.45) is 0 Å². The number of nitrogen functional groups attached to an aromatic ring is 1. The fourth-order valence-electron chi connectivity index (χ4n) is 2.41. The van der Waals surface area contributed by atoms with Gasteiger partial charge in [-0.05, 0) is 31.0 Å². The molecule has 0 saturated carbocycles. The monoisotopic (exact) mass is 298 g/mol. The zero-order chi connectivity index (χ0) is 15.0. The first kappa shape index (κ1) is 13.7. The number of hydrogen-bond acceptors (Lipinski definition) is 3. The van der Waals surface area contributed by atoms with Crippen molar-refractivity contribution in [3.05, 3.63) is 58.6 Å². The van der Waals surface area contributed by atoms with Gasteiger partial charge in [-0.25, -0.2) is 0 Å². The Morgan fingerprint density at radius 1 is 1.00 bits per heavy atom. The van der Waals surface area contributed by atoms with Crippen LogP contribution >= 0.6 is 11.6 Å². The van der Waals surface area contributed by atoms with Crippen LogP contribution in [-0.2, 0) is 0 Å². The Morgan fingerprint density at radius 3 is 2.48 bits per heavy atom. The van der Waals surface area contributed by atoms with E-state index < -0.39 is 0 Å². The van der Waals surface area contributed by atoms with Gasteiger partial charge in [0, 0.05) is 16.1 Å². The Morgan fingerprint density at radius 2 is 1.71 bits per heavy atom. The van der Waals surface area contributed by atoms with E-state index in [1.165, 1.54) is 5.56 Å². The smallest absolute Gasteiger partial charge is 0.177 e. The van der Waals surface area contributed by atoms with Gasteiger partial charge in [0.25, 0.3) is 0 Å². The molecule has 3 nitrogen and oxygen atoms in total. The summed E-state index contributed by atoms with van der Waals surface area (Å²) >= 11 is 6.29. The topological polar surface area (TPSA) is 52.0 Å². The van der Waals surface area contributed by atoms with Crippen molar-refractivity contribution in [3.63, 3.8) is 0 Å². The van der Waals surface area contributed by atoms with Gasteiger partial charge in [-0.2, -0.15) is 0 Å². The minimum absolute atomic E-state index is 0.346. The molecule has 106 valence electrons. The summed E-state index contributed by atoms with van der Waals surface area (Å²) in [6.45, 7) is 4.12. The summed E-state index contributed by atoms with van der Waals surface area (Å²) in [5, 5.41) is 4.55. The third kappa shape index (κ3) is 2.30. The summed E-state index contributed by atoms with van der Waals surface area (Å²) in [6, 6.07) is 13.6. The molecule has 2 aromatic carbocycles. The van der Waals surface area contributed by atoms with Crippen molar-refractivity contribution < 1.29 is 4.52 Å². The number of halogens is 1. The maximum absolute atomic E-state index is 6.29. The highest BCUT2D eigenvalue weighted by Crippen LogP contribution is 2.40. The second kappa shape index (κ2) is 5.26. The Kier molecular flexibility index (Phi) is 3.43. The third-order valence-electron chi connectivity index (χ3n) is 3.71. The molecule has 2 N–H and O–H groups in total. The quantitative estimate of drug-likeness (QED) is 0.735. The van der Waals surface area contributed by atoms with E-state index in [1.54, 1.807) is 0 Å². The van der Waals surface area contributed by atoms with E-state index in [4.69, 9.17) is 21.9 Å². The Labute approximate surface area is 128 Å². The molecule has 0 fully saturated rings. The van der Waals surface area contributed by atoms with Crippen molar-refractivity contribution in [1.82, 2.24) is 5.16 Å². The first-order valence-electron chi connectivity index (χ1n) is 6.66. The standard InChI is InChI=1S/C17H15ClN2O/c1-10-6-5-8-12(11(10)2)16-15(17(19)20-21-16)13-7-3-4-9-14(13)18/h3-9H,1-2H3,(H2,19,20). The molecule has 1 aromatic heterocycles. The molecule has 0 aliphatic heterocycles. The first-order valence-corrected chi connectivity index (χ1v) is 7.04. The summed E-state index contributed by atoms with van der Waals surface area (Å²) in [6.07, 6.45) is 0. The van der Waals surface area contributed by atoms with Crippen molar-refractivity contribution in [2.45, 2.75) is 13.8 Å².